The highest BCUT2D eigenvalue weighted by Crippen LogP contribution is 2.28. The predicted molar refractivity (Wildman–Crippen MR) is 121 cm³/mol. The summed E-state index contributed by atoms with van der Waals surface area (Å²) in [4.78, 5) is 7.47. The summed E-state index contributed by atoms with van der Waals surface area (Å²) < 4.78 is 137. The molecule has 3 N–H and O–H groups in total. The third kappa shape index (κ3) is 4.07. The number of anilines is 4. The first-order valence-corrected chi connectivity index (χ1v) is 9.99. The van der Waals surface area contributed by atoms with E-state index in [9.17, 15) is 8.42 Å². The van der Waals surface area contributed by atoms with Crippen molar-refractivity contribution in [3.63, 3.8) is 0 Å². The first kappa shape index (κ1) is 9.75. The number of primary sulfonamides is 1. The fourth-order valence-corrected chi connectivity index (χ4v) is 3.41. The van der Waals surface area contributed by atoms with Gasteiger partial charge in [0.1, 0.15) is 5.82 Å². The summed E-state index contributed by atoms with van der Waals surface area (Å²) in [6, 6.07) is 0.433. The van der Waals surface area contributed by atoms with E-state index in [1.165, 1.54) is 6.92 Å². The maximum absolute atomic E-state index is 12.1. The van der Waals surface area contributed by atoms with Crippen LogP contribution in [0.1, 0.15) is 30.4 Å². The fourth-order valence-electron chi connectivity index (χ4n) is 2.69. The third-order valence-electron chi connectivity index (χ3n) is 4.14. The molecule has 0 saturated carbocycles. The van der Waals surface area contributed by atoms with Crippen LogP contribution in [-0.2, 0) is 17.0 Å². The SMILES string of the molecule is [2H]c1nc(Nc2c([2H])c([2H])c(C)c(S(N)(=O)=O)c2[2H])nc(N(c2ccc3c(C([2H])([2H])[2H])n(C([2H])([2H])[2H])nc3c2)C([2H])([2H])[2H])c1[2H]. The lowest BCUT2D eigenvalue weighted by Crippen LogP contribution is -2.14. The number of benzene rings is 2. The van der Waals surface area contributed by atoms with E-state index in [0.29, 0.717) is 9.58 Å². The molecule has 0 radical (unpaired) electrons. The molecule has 0 aliphatic rings. The number of nitrogens with zero attached hydrogens (tertiary/aromatic N) is 5. The molecule has 2 heterocycles. The summed E-state index contributed by atoms with van der Waals surface area (Å²) in [6.45, 7) is -7.87. The number of aryl methyl sites for hydroxylation is 2. The Morgan fingerprint density at radius 1 is 1.29 bits per heavy atom. The molecule has 2 aromatic heterocycles. The van der Waals surface area contributed by atoms with Crippen molar-refractivity contribution < 1.29 is 27.6 Å². The van der Waals surface area contributed by atoms with Crippen molar-refractivity contribution >= 4 is 44.1 Å². The summed E-state index contributed by atoms with van der Waals surface area (Å²) in [5.41, 5.74) is -1.98. The molecule has 0 fully saturated rings. The highest BCUT2D eigenvalue weighted by molar-refractivity contribution is 7.89. The summed E-state index contributed by atoms with van der Waals surface area (Å²) in [6.07, 6.45) is -0.836. The van der Waals surface area contributed by atoms with Gasteiger partial charge >= 0.3 is 0 Å². The van der Waals surface area contributed by atoms with Crippen LogP contribution < -0.4 is 15.4 Å². The minimum atomic E-state index is -4.55. The van der Waals surface area contributed by atoms with E-state index in [2.05, 4.69) is 20.4 Å². The van der Waals surface area contributed by atoms with Crippen LogP contribution in [0.15, 0.2) is 53.4 Å². The first-order chi connectivity index (χ1) is 20.4. The molecule has 31 heavy (non-hydrogen) atoms. The Morgan fingerprint density at radius 3 is 2.90 bits per heavy atom. The molecule has 0 amide bonds. The van der Waals surface area contributed by atoms with Gasteiger partial charge in [-0.15, -0.1) is 0 Å². The van der Waals surface area contributed by atoms with Gasteiger partial charge in [-0.3, -0.25) is 4.68 Å². The molecule has 0 aliphatic heterocycles. The second-order valence-electron chi connectivity index (χ2n) is 6.28. The number of fused-ring (bicyclic) bond motifs is 1. The molecule has 0 aliphatic carbocycles. The number of aromatic nitrogens is 4. The second-order valence-corrected chi connectivity index (χ2v) is 7.78. The Kier molecular flexibility index (Phi) is 2.40. The molecule has 160 valence electrons. The van der Waals surface area contributed by atoms with Crippen molar-refractivity contribution in [3.05, 3.63) is 59.8 Å². The van der Waals surface area contributed by atoms with Crippen molar-refractivity contribution in [1.82, 2.24) is 19.7 Å². The number of nitrogens with two attached hydrogens (primary N) is 1. The molecule has 4 aromatic rings. The van der Waals surface area contributed by atoms with Crippen LogP contribution in [-0.4, -0.2) is 35.1 Å². The molecular formula is C21H23N7O2S. The first-order valence-electron chi connectivity index (χ1n) is 15.4. The van der Waals surface area contributed by atoms with Crippen LogP contribution in [0.5, 0.6) is 0 Å². The van der Waals surface area contributed by atoms with E-state index >= 15 is 0 Å². The minimum Gasteiger partial charge on any atom is -0.329 e. The standard InChI is InChI=1S/C21H23N7O2S/c1-13-5-6-15(11-19(13)31(22,29)30)24-21-23-10-9-20(25-21)27(3)16-7-8-17-14(2)28(4)26-18(17)12-16/h5-12H,1-4H3,(H2,22,29,30)(H,23,24,25)/i2D3,3D3,4D3,5D,6D,9D,10D,11D. The normalized spacial score (nSPS) is 19.4. The van der Waals surface area contributed by atoms with E-state index in [4.69, 9.17) is 24.3 Å². The Balaban J connectivity index is 1.94. The van der Waals surface area contributed by atoms with Gasteiger partial charge in [0.25, 0.3) is 0 Å². The molecule has 0 bridgehead atoms. The number of sulfonamides is 1. The van der Waals surface area contributed by atoms with Gasteiger partial charge in [0.2, 0.25) is 16.0 Å². The van der Waals surface area contributed by atoms with Crippen molar-refractivity contribution in [2.24, 2.45) is 12.1 Å². The molecule has 9 nitrogen and oxygen atoms in total. The quantitative estimate of drug-likeness (QED) is 0.478. The molecular weight excluding hydrogens is 414 g/mol. The maximum atomic E-state index is 12.1. The predicted octanol–water partition coefficient (Wildman–Crippen LogP) is 3.14. The summed E-state index contributed by atoms with van der Waals surface area (Å²) in [7, 11) is -4.55. The monoisotopic (exact) mass is 451 g/mol. The van der Waals surface area contributed by atoms with Crippen LogP contribution >= 0.6 is 0 Å². The van der Waals surface area contributed by atoms with Crippen LogP contribution in [0, 0.1) is 13.8 Å². The zero-order chi connectivity index (χ0) is 34.2. The number of nitrogens with one attached hydrogen (secondary N) is 1. The minimum absolute atomic E-state index is 0.111. The lowest BCUT2D eigenvalue weighted by molar-refractivity contribution is 0.597. The molecule has 0 atom stereocenters. The zero-order valence-corrected chi connectivity index (χ0v) is 16.6. The maximum Gasteiger partial charge on any atom is 0.238 e. The van der Waals surface area contributed by atoms with Gasteiger partial charge in [-0.05, 0) is 55.7 Å². The van der Waals surface area contributed by atoms with Crippen LogP contribution in [0.25, 0.3) is 10.9 Å². The van der Waals surface area contributed by atoms with Gasteiger partial charge in [-0.1, -0.05) is 6.04 Å². The van der Waals surface area contributed by atoms with E-state index in [-0.39, 0.29) is 22.2 Å². The molecule has 0 spiro atoms. The lowest BCUT2D eigenvalue weighted by Gasteiger charge is -2.19. The average Bonchev–Trinajstić information content (AvgIpc) is 3.27. The van der Waals surface area contributed by atoms with Crippen molar-refractivity contribution in [2.75, 3.05) is 17.2 Å². The summed E-state index contributed by atoms with van der Waals surface area (Å²) in [5.74, 6) is -1.37. The Morgan fingerprint density at radius 2 is 2.16 bits per heavy atom. The molecule has 4 rings (SSSR count). The summed E-state index contributed by atoms with van der Waals surface area (Å²) in [5, 5.41) is 11.4. The zero-order valence-electron chi connectivity index (χ0n) is 29.8. The number of rotatable bonds is 5. The van der Waals surface area contributed by atoms with E-state index in [0.717, 1.165) is 18.2 Å². The Labute approximate surface area is 200 Å². The second kappa shape index (κ2) is 7.64. The summed E-state index contributed by atoms with van der Waals surface area (Å²) >= 11 is 0. The topological polar surface area (TPSA) is 119 Å². The van der Waals surface area contributed by atoms with Gasteiger partial charge in [0.05, 0.1) is 17.3 Å². The Bertz CT molecular complexity index is 1950. The van der Waals surface area contributed by atoms with Crippen molar-refractivity contribution in [2.45, 2.75) is 18.7 Å². The van der Waals surface area contributed by atoms with E-state index in [1.54, 1.807) is 0 Å². The van der Waals surface area contributed by atoms with Crippen LogP contribution in [0.4, 0.5) is 23.1 Å². The van der Waals surface area contributed by atoms with E-state index in [1.807, 2.05) is 0 Å². The highest BCUT2D eigenvalue weighted by Gasteiger charge is 2.14. The van der Waals surface area contributed by atoms with Gasteiger partial charge in [-0.2, -0.15) is 10.1 Å². The van der Waals surface area contributed by atoms with Crippen molar-refractivity contribution in [3.8, 4) is 0 Å². The fraction of sp³-hybridized carbons (Fsp3) is 0.190. The number of hydrogen-bond acceptors (Lipinski definition) is 7. The largest absolute Gasteiger partial charge is 0.329 e. The smallest absolute Gasteiger partial charge is 0.238 e. The van der Waals surface area contributed by atoms with Gasteiger partial charge in [0.15, 0.2) is 0 Å². The van der Waals surface area contributed by atoms with Gasteiger partial charge < -0.3 is 10.2 Å². The van der Waals surface area contributed by atoms with Crippen LogP contribution in [0.2, 0.25) is 0 Å². The molecule has 0 saturated heterocycles. The third-order valence-corrected chi connectivity index (χ3v) is 5.12. The average molecular weight is 452 g/mol. The molecule has 10 heteroatoms. The Hall–Kier alpha value is -3.50. The lowest BCUT2D eigenvalue weighted by atomic mass is 10.2. The van der Waals surface area contributed by atoms with Gasteiger partial charge in [-0.25, -0.2) is 18.5 Å². The molecule has 0 unspecified atom stereocenters. The highest BCUT2D eigenvalue weighted by atomic mass is 32.2. The molecule has 2 aromatic carbocycles. The van der Waals surface area contributed by atoms with Gasteiger partial charge in [0, 0.05) is 54.9 Å². The van der Waals surface area contributed by atoms with Crippen molar-refractivity contribution in [1.29, 1.82) is 0 Å². The van der Waals surface area contributed by atoms with E-state index < -0.39 is 89.2 Å². The van der Waals surface area contributed by atoms with Crippen LogP contribution in [0.3, 0.4) is 0 Å². The number of hydrogen-bond donors (Lipinski definition) is 2.